The highest BCUT2D eigenvalue weighted by Gasteiger charge is 2.14. The molecular weight excluding hydrogens is 416 g/mol. The third-order valence-electron chi connectivity index (χ3n) is 4.49. The lowest BCUT2D eigenvalue weighted by molar-refractivity contribution is 0.262. The fraction of sp³-hybridized carbons (Fsp3) is 0.0870. The average Bonchev–Trinajstić information content (AvgIpc) is 3.13. The van der Waals surface area contributed by atoms with Crippen LogP contribution in [0.15, 0.2) is 67.0 Å². The quantitative estimate of drug-likeness (QED) is 0.371. The molecule has 2 amide bonds. The summed E-state index contributed by atoms with van der Waals surface area (Å²) >= 11 is 7.67. The van der Waals surface area contributed by atoms with Gasteiger partial charge in [-0.1, -0.05) is 23.7 Å². The summed E-state index contributed by atoms with van der Waals surface area (Å²) in [5.41, 5.74) is 5.20. The molecule has 2 heterocycles. The molecule has 0 aliphatic carbocycles. The summed E-state index contributed by atoms with van der Waals surface area (Å²) in [5.74, 6) is 0. The minimum atomic E-state index is -0.316. The van der Waals surface area contributed by atoms with Crippen LogP contribution in [0.4, 0.5) is 16.2 Å². The van der Waals surface area contributed by atoms with Gasteiger partial charge in [0.2, 0.25) is 0 Å². The Morgan fingerprint density at radius 1 is 0.933 bits per heavy atom. The number of pyridine rings is 1. The Balaban J connectivity index is 1.56. The number of anilines is 2. The van der Waals surface area contributed by atoms with Gasteiger partial charge in [-0.05, 0) is 67.4 Å². The number of halogens is 1. The van der Waals surface area contributed by atoms with Gasteiger partial charge < -0.3 is 10.6 Å². The molecule has 0 fully saturated rings. The first-order chi connectivity index (χ1) is 14.5. The second-order valence-corrected chi connectivity index (χ2v) is 8.38. The SMILES string of the molecule is Cc1nc(-c2ccncc2)c(-c2cccc(NC(=O)Nc3ccc(Cl)c(C)c3)c2)s1. The van der Waals surface area contributed by atoms with Gasteiger partial charge in [0.1, 0.15) is 0 Å². The van der Waals surface area contributed by atoms with Gasteiger partial charge in [0.05, 0.1) is 15.6 Å². The van der Waals surface area contributed by atoms with Crippen LogP contribution in [-0.4, -0.2) is 16.0 Å². The Morgan fingerprint density at radius 2 is 1.67 bits per heavy atom. The van der Waals surface area contributed by atoms with Gasteiger partial charge >= 0.3 is 6.03 Å². The molecule has 2 N–H and O–H groups in total. The molecule has 150 valence electrons. The van der Waals surface area contributed by atoms with Crippen LogP contribution in [0.25, 0.3) is 21.7 Å². The van der Waals surface area contributed by atoms with E-state index in [0.717, 1.165) is 32.3 Å². The number of carbonyl (C=O) groups is 1. The molecule has 0 bridgehead atoms. The number of nitrogens with zero attached hydrogens (tertiary/aromatic N) is 2. The molecule has 4 rings (SSSR count). The number of hydrogen-bond acceptors (Lipinski definition) is 4. The normalized spacial score (nSPS) is 10.6. The third kappa shape index (κ3) is 4.50. The van der Waals surface area contributed by atoms with Gasteiger partial charge in [0, 0.05) is 34.4 Å². The molecule has 0 aliphatic rings. The summed E-state index contributed by atoms with van der Waals surface area (Å²) in [6.45, 7) is 3.88. The highest BCUT2D eigenvalue weighted by atomic mass is 35.5. The molecule has 0 atom stereocenters. The average molecular weight is 435 g/mol. The molecule has 4 aromatic rings. The number of hydrogen-bond donors (Lipinski definition) is 2. The molecule has 0 spiro atoms. The first-order valence-corrected chi connectivity index (χ1v) is 10.5. The molecule has 30 heavy (non-hydrogen) atoms. The van der Waals surface area contributed by atoms with E-state index >= 15 is 0 Å². The van der Waals surface area contributed by atoms with E-state index in [9.17, 15) is 4.79 Å². The molecule has 2 aromatic heterocycles. The number of rotatable bonds is 4. The van der Waals surface area contributed by atoms with Gasteiger partial charge in [0.15, 0.2) is 0 Å². The van der Waals surface area contributed by atoms with Crippen LogP contribution in [0.3, 0.4) is 0 Å². The van der Waals surface area contributed by atoms with Crippen molar-refractivity contribution >= 4 is 40.3 Å². The van der Waals surface area contributed by atoms with Crippen molar-refractivity contribution in [1.82, 2.24) is 9.97 Å². The van der Waals surface area contributed by atoms with Crippen LogP contribution in [0.2, 0.25) is 5.02 Å². The lowest BCUT2D eigenvalue weighted by Gasteiger charge is -2.10. The molecule has 0 saturated heterocycles. The predicted octanol–water partition coefficient (Wildman–Crippen LogP) is 6.79. The van der Waals surface area contributed by atoms with Gasteiger partial charge in [0.25, 0.3) is 0 Å². The maximum absolute atomic E-state index is 12.4. The minimum Gasteiger partial charge on any atom is -0.308 e. The second kappa shape index (κ2) is 8.65. The monoisotopic (exact) mass is 434 g/mol. The largest absolute Gasteiger partial charge is 0.323 e. The van der Waals surface area contributed by atoms with E-state index in [4.69, 9.17) is 16.6 Å². The van der Waals surface area contributed by atoms with Crippen LogP contribution in [-0.2, 0) is 0 Å². The smallest absolute Gasteiger partial charge is 0.308 e. The number of carbonyl (C=O) groups excluding carboxylic acids is 1. The number of amides is 2. The van der Waals surface area contributed by atoms with Crippen molar-refractivity contribution < 1.29 is 4.79 Å². The van der Waals surface area contributed by atoms with Gasteiger partial charge in [-0.3, -0.25) is 4.98 Å². The van der Waals surface area contributed by atoms with Crippen molar-refractivity contribution in [2.24, 2.45) is 0 Å². The summed E-state index contributed by atoms with van der Waals surface area (Å²) in [4.78, 5) is 22.3. The third-order valence-corrected chi connectivity index (χ3v) is 5.93. The highest BCUT2D eigenvalue weighted by Crippen LogP contribution is 2.37. The summed E-state index contributed by atoms with van der Waals surface area (Å²) in [6.07, 6.45) is 3.52. The van der Waals surface area contributed by atoms with Crippen LogP contribution < -0.4 is 10.6 Å². The maximum Gasteiger partial charge on any atom is 0.323 e. The van der Waals surface area contributed by atoms with E-state index < -0.39 is 0 Å². The Labute approximate surface area is 183 Å². The number of aryl methyl sites for hydroxylation is 2. The maximum atomic E-state index is 12.4. The van der Waals surface area contributed by atoms with E-state index in [0.29, 0.717) is 16.4 Å². The number of urea groups is 1. The summed E-state index contributed by atoms with van der Waals surface area (Å²) in [6, 6.07) is 16.7. The molecule has 0 unspecified atom stereocenters. The highest BCUT2D eigenvalue weighted by molar-refractivity contribution is 7.15. The number of nitrogens with one attached hydrogen (secondary N) is 2. The molecule has 7 heteroatoms. The first kappa shape index (κ1) is 20.1. The Bertz CT molecular complexity index is 1210. The Kier molecular flexibility index (Phi) is 5.79. The van der Waals surface area contributed by atoms with E-state index in [1.165, 1.54) is 0 Å². The van der Waals surface area contributed by atoms with Crippen molar-refractivity contribution in [3.63, 3.8) is 0 Å². The molecule has 0 aliphatic heterocycles. The van der Waals surface area contributed by atoms with E-state index in [1.54, 1.807) is 35.9 Å². The molecular formula is C23H19ClN4OS. The van der Waals surface area contributed by atoms with Gasteiger partial charge in [-0.25, -0.2) is 9.78 Å². The van der Waals surface area contributed by atoms with Crippen molar-refractivity contribution in [1.29, 1.82) is 0 Å². The molecule has 0 radical (unpaired) electrons. The van der Waals surface area contributed by atoms with E-state index in [-0.39, 0.29) is 6.03 Å². The number of benzene rings is 2. The van der Waals surface area contributed by atoms with Crippen LogP contribution >= 0.6 is 22.9 Å². The van der Waals surface area contributed by atoms with Crippen molar-refractivity contribution in [3.05, 3.63) is 82.6 Å². The van der Waals surface area contributed by atoms with Crippen molar-refractivity contribution in [3.8, 4) is 21.7 Å². The molecule has 5 nitrogen and oxygen atoms in total. The second-order valence-electron chi connectivity index (χ2n) is 6.77. The fourth-order valence-corrected chi connectivity index (χ4v) is 4.14. The number of thiazole rings is 1. The van der Waals surface area contributed by atoms with Crippen LogP contribution in [0, 0.1) is 13.8 Å². The lowest BCUT2D eigenvalue weighted by Crippen LogP contribution is -2.19. The van der Waals surface area contributed by atoms with E-state index in [2.05, 4.69) is 15.6 Å². The Morgan fingerprint density at radius 3 is 2.40 bits per heavy atom. The summed E-state index contributed by atoms with van der Waals surface area (Å²) < 4.78 is 0. The zero-order valence-corrected chi connectivity index (χ0v) is 18.0. The topological polar surface area (TPSA) is 66.9 Å². The zero-order chi connectivity index (χ0) is 21.1. The van der Waals surface area contributed by atoms with Crippen molar-refractivity contribution in [2.75, 3.05) is 10.6 Å². The minimum absolute atomic E-state index is 0.316. The number of aromatic nitrogens is 2. The predicted molar refractivity (Wildman–Crippen MR) is 124 cm³/mol. The van der Waals surface area contributed by atoms with E-state index in [1.807, 2.05) is 56.3 Å². The van der Waals surface area contributed by atoms with Gasteiger partial charge in [-0.2, -0.15) is 0 Å². The van der Waals surface area contributed by atoms with Crippen LogP contribution in [0.5, 0.6) is 0 Å². The van der Waals surface area contributed by atoms with Gasteiger partial charge in [-0.15, -0.1) is 11.3 Å². The summed E-state index contributed by atoms with van der Waals surface area (Å²) in [7, 11) is 0. The first-order valence-electron chi connectivity index (χ1n) is 9.32. The molecule has 2 aromatic carbocycles. The standard InChI is InChI=1S/C23H19ClN4OS/c1-14-12-19(6-7-20(14)24)28-23(29)27-18-5-3-4-17(13-18)22-21(26-15(2)30-22)16-8-10-25-11-9-16/h3-13H,1-2H3,(H2,27,28,29). The Hall–Kier alpha value is -3.22. The zero-order valence-electron chi connectivity index (χ0n) is 16.4. The fourth-order valence-electron chi connectivity index (χ4n) is 3.08. The molecule has 0 saturated carbocycles. The van der Waals surface area contributed by atoms with Crippen molar-refractivity contribution in [2.45, 2.75) is 13.8 Å². The van der Waals surface area contributed by atoms with Crippen LogP contribution in [0.1, 0.15) is 10.6 Å². The lowest BCUT2D eigenvalue weighted by atomic mass is 10.1. The summed E-state index contributed by atoms with van der Waals surface area (Å²) in [5, 5.41) is 7.37.